The van der Waals surface area contributed by atoms with Gasteiger partial charge in [-0.15, -0.1) is 0 Å². The van der Waals surface area contributed by atoms with Crippen molar-refractivity contribution < 1.29 is 5.11 Å². The topological polar surface area (TPSA) is 56.0 Å². The van der Waals surface area contributed by atoms with E-state index >= 15 is 0 Å². The maximum absolute atomic E-state index is 9.00. The largest absolute Gasteiger partial charge is 0.508 e. The van der Waals surface area contributed by atoms with Gasteiger partial charge in [0.05, 0.1) is 6.07 Å². The van der Waals surface area contributed by atoms with Crippen LogP contribution in [0.25, 0.3) is 0 Å². The van der Waals surface area contributed by atoms with Crippen molar-refractivity contribution in [3.05, 3.63) is 29.8 Å². The van der Waals surface area contributed by atoms with Crippen molar-refractivity contribution in [2.75, 3.05) is 6.54 Å². The number of nitriles is 1. The molecule has 13 heavy (non-hydrogen) atoms. The van der Waals surface area contributed by atoms with Gasteiger partial charge < -0.3 is 10.4 Å². The monoisotopic (exact) mass is 176 g/mol. The number of benzene rings is 1. The number of rotatable bonds is 4. The van der Waals surface area contributed by atoms with E-state index in [1.165, 1.54) is 0 Å². The van der Waals surface area contributed by atoms with Crippen LogP contribution >= 0.6 is 0 Å². The van der Waals surface area contributed by atoms with Gasteiger partial charge in [-0.1, -0.05) is 12.1 Å². The van der Waals surface area contributed by atoms with Crippen molar-refractivity contribution in [1.29, 1.82) is 5.26 Å². The first-order valence-corrected chi connectivity index (χ1v) is 4.18. The van der Waals surface area contributed by atoms with Crippen molar-refractivity contribution >= 4 is 0 Å². The summed E-state index contributed by atoms with van der Waals surface area (Å²) >= 11 is 0. The molecule has 0 aliphatic rings. The summed E-state index contributed by atoms with van der Waals surface area (Å²) in [4.78, 5) is 0. The number of hydrogen-bond donors (Lipinski definition) is 2. The van der Waals surface area contributed by atoms with Crippen molar-refractivity contribution in [3.8, 4) is 11.8 Å². The first kappa shape index (κ1) is 9.56. The lowest BCUT2D eigenvalue weighted by Crippen LogP contribution is -2.13. The van der Waals surface area contributed by atoms with Crippen LogP contribution in [0.1, 0.15) is 12.0 Å². The van der Waals surface area contributed by atoms with E-state index in [4.69, 9.17) is 10.4 Å². The van der Waals surface area contributed by atoms with Gasteiger partial charge >= 0.3 is 0 Å². The van der Waals surface area contributed by atoms with Crippen molar-refractivity contribution in [2.24, 2.45) is 0 Å². The number of nitrogens with one attached hydrogen (secondary N) is 1. The second-order valence-electron chi connectivity index (χ2n) is 2.75. The zero-order valence-corrected chi connectivity index (χ0v) is 7.33. The van der Waals surface area contributed by atoms with E-state index in [9.17, 15) is 0 Å². The highest BCUT2D eigenvalue weighted by Crippen LogP contribution is 2.08. The molecule has 0 heterocycles. The minimum absolute atomic E-state index is 0.278. The van der Waals surface area contributed by atoms with Crippen LogP contribution in [-0.2, 0) is 6.54 Å². The summed E-state index contributed by atoms with van der Waals surface area (Å²) in [6.45, 7) is 1.44. The lowest BCUT2D eigenvalue weighted by Gasteiger charge is -2.01. The highest BCUT2D eigenvalue weighted by molar-refractivity contribution is 5.25. The summed E-state index contributed by atoms with van der Waals surface area (Å²) in [7, 11) is 0. The van der Waals surface area contributed by atoms with Crippen molar-refractivity contribution in [3.63, 3.8) is 0 Å². The molecule has 0 atom stereocenters. The smallest absolute Gasteiger partial charge is 0.115 e. The number of hydrogen-bond acceptors (Lipinski definition) is 3. The highest BCUT2D eigenvalue weighted by Gasteiger charge is 1.91. The molecular formula is C10H12N2O. The molecule has 1 aromatic rings. The Morgan fingerprint density at radius 2 is 2.00 bits per heavy atom. The van der Waals surface area contributed by atoms with Gasteiger partial charge in [-0.05, 0) is 17.7 Å². The Balaban J connectivity index is 2.30. The minimum atomic E-state index is 0.278. The second kappa shape index (κ2) is 5.18. The fourth-order valence-electron chi connectivity index (χ4n) is 0.991. The first-order chi connectivity index (χ1) is 6.33. The predicted octanol–water partition coefficient (Wildman–Crippen LogP) is 1.40. The third-order valence-electron chi connectivity index (χ3n) is 1.68. The molecule has 0 fully saturated rings. The van der Waals surface area contributed by atoms with Gasteiger partial charge in [0.2, 0.25) is 0 Å². The fraction of sp³-hybridized carbons (Fsp3) is 0.300. The Bertz CT molecular complexity index is 287. The van der Waals surface area contributed by atoms with Crippen LogP contribution in [0.15, 0.2) is 24.3 Å². The molecule has 0 radical (unpaired) electrons. The molecule has 3 nitrogen and oxygen atoms in total. The predicted molar refractivity (Wildman–Crippen MR) is 50.0 cm³/mol. The van der Waals surface area contributed by atoms with Gasteiger partial charge in [-0.3, -0.25) is 0 Å². The zero-order valence-electron chi connectivity index (χ0n) is 7.33. The fourth-order valence-corrected chi connectivity index (χ4v) is 0.991. The van der Waals surface area contributed by atoms with E-state index in [-0.39, 0.29) is 5.75 Å². The van der Waals surface area contributed by atoms with Crippen LogP contribution in [-0.4, -0.2) is 11.7 Å². The van der Waals surface area contributed by atoms with Crippen molar-refractivity contribution in [2.45, 2.75) is 13.0 Å². The molecule has 0 saturated carbocycles. The zero-order chi connectivity index (χ0) is 9.52. The SMILES string of the molecule is N#CCCNCc1ccc(O)cc1. The molecule has 1 rings (SSSR count). The van der Waals surface area contributed by atoms with E-state index in [0.717, 1.165) is 12.1 Å². The van der Waals surface area contributed by atoms with Crippen LogP contribution in [0.4, 0.5) is 0 Å². The third-order valence-corrected chi connectivity index (χ3v) is 1.68. The van der Waals surface area contributed by atoms with Crippen LogP contribution in [0, 0.1) is 11.3 Å². The quantitative estimate of drug-likeness (QED) is 0.682. The van der Waals surface area contributed by atoms with Gasteiger partial charge in [0.25, 0.3) is 0 Å². The van der Waals surface area contributed by atoms with Crippen LogP contribution in [0.3, 0.4) is 0 Å². The van der Waals surface area contributed by atoms with E-state index in [1.807, 2.05) is 12.1 Å². The molecule has 0 saturated heterocycles. The summed E-state index contributed by atoms with van der Waals surface area (Å²) < 4.78 is 0. The molecular weight excluding hydrogens is 164 g/mol. The third kappa shape index (κ3) is 3.59. The molecule has 0 unspecified atom stereocenters. The number of aromatic hydroxyl groups is 1. The molecule has 0 aliphatic carbocycles. The number of nitrogens with zero attached hydrogens (tertiary/aromatic N) is 1. The van der Waals surface area contributed by atoms with Gasteiger partial charge in [-0.2, -0.15) is 5.26 Å². The molecule has 3 heteroatoms. The van der Waals surface area contributed by atoms with Gasteiger partial charge in [0.15, 0.2) is 0 Å². The molecule has 0 bridgehead atoms. The summed E-state index contributed by atoms with van der Waals surface area (Å²) in [6, 6.07) is 9.08. The average molecular weight is 176 g/mol. The Labute approximate surface area is 77.6 Å². The van der Waals surface area contributed by atoms with Crippen LogP contribution in [0.2, 0.25) is 0 Å². The highest BCUT2D eigenvalue weighted by atomic mass is 16.3. The van der Waals surface area contributed by atoms with Gasteiger partial charge in [-0.25, -0.2) is 0 Å². The Hall–Kier alpha value is -1.53. The molecule has 0 aromatic heterocycles. The summed E-state index contributed by atoms with van der Waals surface area (Å²) in [5.74, 6) is 0.278. The number of phenolic OH excluding ortho intramolecular Hbond substituents is 1. The lowest BCUT2D eigenvalue weighted by atomic mass is 10.2. The van der Waals surface area contributed by atoms with Crippen LogP contribution < -0.4 is 5.32 Å². The number of phenols is 1. The Morgan fingerprint density at radius 1 is 1.31 bits per heavy atom. The summed E-state index contributed by atoms with van der Waals surface area (Å²) in [5.41, 5.74) is 1.11. The summed E-state index contributed by atoms with van der Waals surface area (Å²) in [5, 5.41) is 20.4. The van der Waals surface area contributed by atoms with Gasteiger partial charge in [0.1, 0.15) is 5.75 Å². The van der Waals surface area contributed by atoms with Crippen LogP contribution in [0.5, 0.6) is 5.75 Å². The second-order valence-corrected chi connectivity index (χ2v) is 2.75. The molecule has 0 spiro atoms. The Kier molecular flexibility index (Phi) is 3.80. The van der Waals surface area contributed by atoms with E-state index in [2.05, 4.69) is 11.4 Å². The maximum Gasteiger partial charge on any atom is 0.115 e. The average Bonchev–Trinajstić information content (AvgIpc) is 2.15. The van der Waals surface area contributed by atoms with E-state index < -0.39 is 0 Å². The molecule has 0 aliphatic heterocycles. The standard InChI is InChI=1S/C10H12N2O/c11-6-1-7-12-8-9-2-4-10(13)5-3-9/h2-5,12-13H,1,7-8H2. The van der Waals surface area contributed by atoms with Gasteiger partial charge in [0, 0.05) is 19.5 Å². The molecule has 68 valence electrons. The van der Waals surface area contributed by atoms with E-state index in [1.54, 1.807) is 12.1 Å². The molecule has 1 aromatic carbocycles. The maximum atomic E-state index is 9.00. The minimum Gasteiger partial charge on any atom is -0.508 e. The summed E-state index contributed by atoms with van der Waals surface area (Å²) in [6.07, 6.45) is 0.526. The first-order valence-electron chi connectivity index (χ1n) is 4.18. The molecule has 0 amide bonds. The lowest BCUT2D eigenvalue weighted by molar-refractivity contribution is 0.475. The Morgan fingerprint density at radius 3 is 2.62 bits per heavy atom. The van der Waals surface area contributed by atoms with E-state index in [0.29, 0.717) is 13.0 Å². The van der Waals surface area contributed by atoms with Crippen molar-refractivity contribution in [1.82, 2.24) is 5.32 Å². The molecule has 2 N–H and O–H groups in total. The normalized spacial score (nSPS) is 9.46.